The molecule has 0 atom stereocenters. The molecule has 0 spiro atoms. The molecule has 1 aromatic rings. The van der Waals surface area contributed by atoms with E-state index in [0.29, 0.717) is 0 Å². The molecule has 0 saturated heterocycles. The summed E-state index contributed by atoms with van der Waals surface area (Å²) in [5.41, 5.74) is 9.31. The fraction of sp³-hybridized carbons (Fsp3) is 0.333. The average molecular weight is 275 g/mol. The predicted molar refractivity (Wildman–Crippen MR) is 57.8 cm³/mol. The highest BCUT2D eigenvalue weighted by atomic mass is 127. The lowest BCUT2D eigenvalue weighted by Crippen LogP contribution is -1.95. The lowest BCUT2D eigenvalue weighted by molar-refractivity contribution is 0.357. The van der Waals surface area contributed by atoms with Crippen molar-refractivity contribution in [3.63, 3.8) is 0 Å². The molecule has 2 N–H and O–H groups in total. The van der Waals surface area contributed by atoms with Crippen LogP contribution in [0.25, 0.3) is 0 Å². The van der Waals surface area contributed by atoms with Crippen LogP contribution in [0.5, 0.6) is 5.75 Å². The molecule has 0 amide bonds. The number of anilines is 1. The molecule has 64 valence electrons. The Balaban J connectivity index is 2.57. The molecule has 0 fully saturated rings. The van der Waals surface area contributed by atoms with Crippen LogP contribution in [0.15, 0.2) is 12.1 Å². The molecule has 0 unspecified atom stereocenters. The Morgan fingerprint density at radius 1 is 1.50 bits per heavy atom. The Hall–Kier alpha value is -0.450. The van der Waals surface area contributed by atoms with E-state index in [2.05, 4.69) is 22.6 Å². The molecule has 2 rings (SSSR count). The van der Waals surface area contributed by atoms with Crippen molar-refractivity contribution in [3.05, 3.63) is 23.3 Å². The minimum Gasteiger partial charge on any atom is -0.493 e. The van der Waals surface area contributed by atoms with Crippen molar-refractivity contribution < 1.29 is 4.74 Å². The summed E-state index contributed by atoms with van der Waals surface area (Å²) in [5, 5.41) is 0. The minimum atomic E-state index is 0.808. The van der Waals surface area contributed by atoms with Gasteiger partial charge in [-0.05, 0) is 17.7 Å². The third-order valence-electron chi connectivity index (χ3n) is 2.17. The first-order valence-electron chi connectivity index (χ1n) is 3.92. The van der Waals surface area contributed by atoms with Crippen LogP contribution >= 0.6 is 22.6 Å². The molecule has 0 aliphatic carbocycles. The number of nitrogen functional groups attached to an aromatic ring is 1. The van der Waals surface area contributed by atoms with E-state index in [1.165, 1.54) is 11.1 Å². The number of ether oxygens (including phenoxy) is 1. The van der Waals surface area contributed by atoms with Crippen LogP contribution in [0.4, 0.5) is 5.69 Å². The van der Waals surface area contributed by atoms with E-state index in [4.69, 9.17) is 10.5 Å². The first kappa shape index (κ1) is 8.16. The average Bonchev–Trinajstić information content (AvgIpc) is 2.52. The van der Waals surface area contributed by atoms with Crippen molar-refractivity contribution in [2.75, 3.05) is 12.3 Å². The molecular weight excluding hydrogens is 265 g/mol. The molecule has 1 aromatic carbocycles. The van der Waals surface area contributed by atoms with Gasteiger partial charge in [0.15, 0.2) is 0 Å². The summed E-state index contributed by atoms with van der Waals surface area (Å²) in [6, 6.07) is 3.89. The Kier molecular flexibility index (Phi) is 2.12. The van der Waals surface area contributed by atoms with Gasteiger partial charge in [-0.15, -0.1) is 0 Å². The van der Waals surface area contributed by atoms with Crippen LogP contribution in [0.3, 0.4) is 0 Å². The minimum absolute atomic E-state index is 0.808. The maximum absolute atomic E-state index is 5.84. The summed E-state index contributed by atoms with van der Waals surface area (Å²) in [6.07, 6.45) is 1.01. The SMILES string of the molecule is Nc1ccc2c(c1CI)CCO2. The first-order chi connectivity index (χ1) is 5.83. The van der Waals surface area contributed by atoms with Crippen molar-refractivity contribution >= 4 is 28.3 Å². The number of alkyl halides is 1. The number of hydrogen-bond acceptors (Lipinski definition) is 2. The maximum atomic E-state index is 5.84. The third kappa shape index (κ3) is 1.16. The molecule has 0 saturated carbocycles. The zero-order chi connectivity index (χ0) is 8.55. The number of benzene rings is 1. The van der Waals surface area contributed by atoms with Gasteiger partial charge in [-0.1, -0.05) is 22.6 Å². The van der Waals surface area contributed by atoms with Crippen LogP contribution in [-0.2, 0) is 10.8 Å². The maximum Gasteiger partial charge on any atom is 0.123 e. The van der Waals surface area contributed by atoms with E-state index in [0.717, 1.165) is 28.9 Å². The van der Waals surface area contributed by atoms with Gasteiger partial charge in [0.1, 0.15) is 5.75 Å². The van der Waals surface area contributed by atoms with Gasteiger partial charge in [0.05, 0.1) is 6.61 Å². The van der Waals surface area contributed by atoms with Gasteiger partial charge in [-0.2, -0.15) is 0 Å². The highest BCUT2D eigenvalue weighted by Crippen LogP contribution is 2.33. The van der Waals surface area contributed by atoms with E-state index in [-0.39, 0.29) is 0 Å². The number of nitrogens with two attached hydrogens (primary N) is 1. The van der Waals surface area contributed by atoms with Gasteiger partial charge in [-0.3, -0.25) is 0 Å². The van der Waals surface area contributed by atoms with Crippen LogP contribution < -0.4 is 10.5 Å². The van der Waals surface area contributed by atoms with Crippen molar-refractivity contribution in [3.8, 4) is 5.75 Å². The molecule has 0 aromatic heterocycles. The third-order valence-corrected chi connectivity index (χ3v) is 2.93. The summed E-state index contributed by atoms with van der Waals surface area (Å²) >= 11 is 2.34. The number of hydrogen-bond donors (Lipinski definition) is 1. The molecule has 12 heavy (non-hydrogen) atoms. The highest BCUT2D eigenvalue weighted by molar-refractivity contribution is 14.1. The normalized spacial score (nSPS) is 14.1. The zero-order valence-corrected chi connectivity index (χ0v) is 8.80. The summed E-state index contributed by atoms with van der Waals surface area (Å²) in [5.74, 6) is 1.02. The molecule has 0 bridgehead atoms. The zero-order valence-electron chi connectivity index (χ0n) is 6.64. The molecule has 0 radical (unpaired) electrons. The van der Waals surface area contributed by atoms with Gasteiger partial charge in [0.25, 0.3) is 0 Å². The van der Waals surface area contributed by atoms with Crippen LogP contribution in [0, 0.1) is 0 Å². The number of halogens is 1. The number of fused-ring (bicyclic) bond motifs is 1. The standard InChI is InChI=1S/C9H10INO/c10-5-7-6-3-4-12-9(6)2-1-8(7)11/h1-2H,3-5,11H2. The van der Waals surface area contributed by atoms with Gasteiger partial charge >= 0.3 is 0 Å². The lowest BCUT2D eigenvalue weighted by Gasteiger charge is -2.06. The molecule has 2 nitrogen and oxygen atoms in total. The first-order valence-corrected chi connectivity index (χ1v) is 5.44. The quantitative estimate of drug-likeness (QED) is 0.484. The molecule has 1 heterocycles. The Labute approximate surface area is 85.2 Å². The molecular formula is C9H10INO. The fourth-order valence-electron chi connectivity index (χ4n) is 1.52. The van der Waals surface area contributed by atoms with Gasteiger partial charge in [0.2, 0.25) is 0 Å². The van der Waals surface area contributed by atoms with E-state index in [1.807, 2.05) is 12.1 Å². The molecule has 1 aliphatic rings. The highest BCUT2D eigenvalue weighted by Gasteiger charge is 2.16. The van der Waals surface area contributed by atoms with Gasteiger partial charge in [0, 0.05) is 22.1 Å². The second kappa shape index (κ2) is 3.12. The van der Waals surface area contributed by atoms with Crippen LogP contribution in [0.1, 0.15) is 11.1 Å². The second-order valence-electron chi connectivity index (χ2n) is 2.84. The summed E-state index contributed by atoms with van der Waals surface area (Å²) in [6.45, 7) is 0.808. The van der Waals surface area contributed by atoms with Crippen molar-refractivity contribution in [2.45, 2.75) is 10.8 Å². The van der Waals surface area contributed by atoms with E-state index < -0.39 is 0 Å². The fourth-order valence-corrected chi connectivity index (χ4v) is 2.42. The van der Waals surface area contributed by atoms with Crippen molar-refractivity contribution in [1.29, 1.82) is 0 Å². The lowest BCUT2D eigenvalue weighted by atomic mass is 10.1. The van der Waals surface area contributed by atoms with Crippen LogP contribution in [0.2, 0.25) is 0 Å². The van der Waals surface area contributed by atoms with E-state index in [1.54, 1.807) is 0 Å². The second-order valence-corrected chi connectivity index (χ2v) is 3.60. The summed E-state index contributed by atoms with van der Waals surface area (Å²) < 4.78 is 6.41. The monoisotopic (exact) mass is 275 g/mol. The van der Waals surface area contributed by atoms with Gasteiger partial charge in [-0.25, -0.2) is 0 Å². The Morgan fingerprint density at radius 3 is 3.08 bits per heavy atom. The Morgan fingerprint density at radius 2 is 2.33 bits per heavy atom. The topological polar surface area (TPSA) is 35.2 Å². The van der Waals surface area contributed by atoms with Crippen molar-refractivity contribution in [1.82, 2.24) is 0 Å². The Bertz CT molecular complexity index is 312. The van der Waals surface area contributed by atoms with Crippen molar-refractivity contribution in [2.24, 2.45) is 0 Å². The van der Waals surface area contributed by atoms with E-state index >= 15 is 0 Å². The summed E-state index contributed by atoms with van der Waals surface area (Å²) in [7, 11) is 0. The predicted octanol–water partition coefficient (Wildman–Crippen LogP) is 2.14. The number of rotatable bonds is 1. The van der Waals surface area contributed by atoms with Crippen LogP contribution in [-0.4, -0.2) is 6.61 Å². The molecule has 3 heteroatoms. The smallest absolute Gasteiger partial charge is 0.123 e. The largest absolute Gasteiger partial charge is 0.493 e. The van der Waals surface area contributed by atoms with E-state index in [9.17, 15) is 0 Å². The summed E-state index contributed by atoms with van der Waals surface area (Å²) in [4.78, 5) is 0. The van der Waals surface area contributed by atoms with Gasteiger partial charge < -0.3 is 10.5 Å². The molecule has 1 aliphatic heterocycles.